The van der Waals surface area contributed by atoms with Gasteiger partial charge in [0.05, 0.1) is 6.42 Å². The summed E-state index contributed by atoms with van der Waals surface area (Å²) in [6.45, 7) is 7.49. The first-order valence-corrected chi connectivity index (χ1v) is 13.9. The van der Waals surface area contributed by atoms with Crippen LogP contribution in [0.5, 0.6) is 0 Å². The van der Waals surface area contributed by atoms with Gasteiger partial charge in [-0.1, -0.05) is 110 Å². The van der Waals surface area contributed by atoms with E-state index in [2.05, 4.69) is 13.8 Å². The molecule has 0 saturated carbocycles. The van der Waals surface area contributed by atoms with Gasteiger partial charge in [0, 0.05) is 6.61 Å². The first kappa shape index (κ1) is 38.3. The number of rotatable bonds is 22. The van der Waals surface area contributed by atoms with Crippen LogP contribution in [0.25, 0.3) is 0 Å². The molecule has 0 aromatic carbocycles. The van der Waals surface area contributed by atoms with E-state index >= 15 is 0 Å². The summed E-state index contributed by atoms with van der Waals surface area (Å²) >= 11 is 0. The molecule has 0 amide bonds. The Hall–Kier alpha value is -0.190. The van der Waals surface area contributed by atoms with E-state index in [0.717, 1.165) is 6.61 Å². The molecular formula is C24H47NaO8S. The standard InChI is InChI=1S/C20H41O.C4H6O7S.Na/c1-3-5-6-7-8-9-10-11-12-13-14-15-16-17-18-19-20-21-4-2;5-3(6)1-2(4(7)8)12(9,10)11;/h2-20H2,1H3;2H,1H2,(H,5,6)(H,7,8)(H,9,10,11);/q-1;;+1. The SMILES string of the molecule is O=C(O)CC(C(=O)O)S(=O)(=O)O.[CH2-]COCCCCCCCCCCCCCCCCCC.[Na+]. The maximum atomic E-state index is 10.2. The summed E-state index contributed by atoms with van der Waals surface area (Å²) in [5, 5.41) is 13.9. The zero-order chi connectivity index (χ0) is 25.4. The monoisotopic (exact) mass is 518 g/mol. The van der Waals surface area contributed by atoms with E-state index in [1.165, 1.54) is 103 Å². The fraction of sp³-hybridized carbons (Fsp3) is 0.875. The van der Waals surface area contributed by atoms with Crippen molar-refractivity contribution in [2.24, 2.45) is 0 Å². The molecule has 8 nitrogen and oxygen atoms in total. The van der Waals surface area contributed by atoms with Crippen LogP contribution in [0.3, 0.4) is 0 Å². The van der Waals surface area contributed by atoms with Gasteiger partial charge in [0.25, 0.3) is 10.1 Å². The Balaban J connectivity index is -0.000000632. The van der Waals surface area contributed by atoms with Gasteiger partial charge in [0.15, 0.2) is 5.25 Å². The van der Waals surface area contributed by atoms with Gasteiger partial charge in [-0.05, 0) is 6.42 Å². The van der Waals surface area contributed by atoms with Gasteiger partial charge in [-0.2, -0.15) is 8.42 Å². The molecule has 0 radical (unpaired) electrons. The minimum atomic E-state index is -4.84. The zero-order valence-corrected chi connectivity index (χ0v) is 24.3. The van der Waals surface area contributed by atoms with Crippen LogP contribution in [0.15, 0.2) is 0 Å². The number of hydrogen-bond acceptors (Lipinski definition) is 5. The summed E-state index contributed by atoms with van der Waals surface area (Å²) in [6, 6.07) is 0. The van der Waals surface area contributed by atoms with Gasteiger partial charge in [-0.3, -0.25) is 14.1 Å². The summed E-state index contributed by atoms with van der Waals surface area (Å²) in [6.07, 6.45) is 21.6. The molecule has 3 N–H and O–H groups in total. The molecule has 198 valence electrons. The van der Waals surface area contributed by atoms with E-state index in [0.29, 0.717) is 6.61 Å². The normalized spacial score (nSPS) is 11.7. The smallest absolute Gasteiger partial charge is 0.481 e. The average molecular weight is 519 g/mol. The number of carboxylic acids is 2. The largest absolute Gasteiger partial charge is 1.00 e. The predicted octanol–water partition coefficient (Wildman–Crippen LogP) is 2.90. The average Bonchev–Trinajstić information content (AvgIpc) is 2.73. The molecule has 0 aliphatic rings. The van der Waals surface area contributed by atoms with Gasteiger partial charge in [-0.15, -0.1) is 0 Å². The van der Waals surface area contributed by atoms with Crippen molar-refractivity contribution in [2.45, 2.75) is 121 Å². The Labute approximate surface area is 229 Å². The molecule has 0 heterocycles. The second-order valence-electron chi connectivity index (χ2n) is 8.36. The summed E-state index contributed by atoms with van der Waals surface area (Å²) in [7, 11) is -4.84. The first-order valence-electron chi connectivity index (χ1n) is 12.4. The Morgan fingerprint density at radius 1 is 0.765 bits per heavy atom. The summed E-state index contributed by atoms with van der Waals surface area (Å²) in [5.41, 5.74) is 0. The molecule has 0 bridgehead atoms. The minimum Gasteiger partial charge on any atom is -0.481 e. The fourth-order valence-electron chi connectivity index (χ4n) is 3.33. The quantitative estimate of drug-likeness (QED) is 0.0861. The maximum Gasteiger partial charge on any atom is 1.00 e. The molecule has 1 unspecified atom stereocenters. The number of carbonyl (C=O) groups is 2. The molecule has 34 heavy (non-hydrogen) atoms. The molecule has 0 fully saturated rings. The van der Waals surface area contributed by atoms with Gasteiger partial charge < -0.3 is 21.9 Å². The van der Waals surface area contributed by atoms with Gasteiger partial charge in [-0.25, -0.2) is 0 Å². The molecule has 0 aromatic rings. The van der Waals surface area contributed by atoms with Crippen molar-refractivity contribution in [3.8, 4) is 0 Å². The molecule has 10 heteroatoms. The third-order valence-corrected chi connectivity index (χ3v) is 6.37. The van der Waals surface area contributed by atoms with Crippen LogP contribution >= 0.6 is 0 Å². The van der Waals surface area contributed by atoms with E-state index in [1.54, 1.807) is 0 Å². The van der Waals surface area contributed by atoms with Crippen LogP contribution in [0, 0.1) is 6.92 Å². The maximum absolute atomic E-state index is 10.2. The van der Waals surface area contributed by atoms with Crippen molar-refractivity contribution < 1.29 is 67.1 Å². The van der Waals surface area contributed by atoms with Gasteiger partial charge >= 0.3 is 41.5 Å². The van der Waals surface area contributed by atoms with Crippen LogP contribution in [-0.4, -0.2) is 53.6 Å². The topological polar surface area (TPSA) is 138 Å². The van der Waals surface area contributed by atoms with Crippen LogP contribution < -0.4 is 29.6 Å². The van der Waals surface area contributed by atoms with E-state index in [9.17, 15) is 18.0 Å². The van der Waals surface area contributed by atoms with Crippen molar-refractivity contribution in [1.82, 2.24) is 0 Å². The molecule has 0 rings (SSSR count). The van der Waals surface area contributed by atoms with E-state index in [4.69, 9.17) is 19.5 Å². The molecule has 0 spiro atoms. The van der Waals surface area contributed by atoms with Crippen molar-refractivity contribution in [3.63, 3.8) is 0 Å². The molecule has 0 saturated heterocycles. The fourth-order valence-corrected chi connectivity index (χ4v) is 3.94. The minimum absolute atomic E-state index is 0. The summed E-state index contributed by atoms with van der Waals surface area (Å²) in [5.74, 6) is -3.50. The molecule has 0 aromatic heterocycles. The second-order valence-corrected chi connectivity index (χ2v) is 9.95. The Kier molecular flexibility index (Phi) is 30.9. The number of carboxylic acid groups (broad SMARTS) is 2. The summed E-state index contributed by atoms with van der Waals surface area (Å²) < 4.78 is 33.9. The number of hydrogen-bond donors (Lipinski definition) is 3. The first-order chi connectivity index (χ1) is 15.7. The van der Waals surface area contributed by atoms with Crippen LogP contribution in [-0.2, 0) is 24.4 Å². The van der Waals surface area contributed by atoms with Gasteiger partial charge in [0.2, 0.25) is 0 Å². The zero-order valence-electron chi connectivity index (χ0n) is 21.5. The number of unbranched alkanes of at least 4 members (excludes halogenated alkanes) is 15. The predicted molar refractivity (Wildman–Crippen MR) is 131 cm³/mol. The van der Waals surface area contributed by atoms with Crippen molar-refractivity contribution in [2.75, 3.05) is 13.2 Å². The van der Waals surface area contributed by atoms with Crippen LogP contribution in [0.4, 0.5) is 0 Å². The summed E-state index contributed by atoms with van der Waals surface area (Å²) in [4.78, 5) is 20.0. The van der Waals surface area contributed by atoms with E-state index < -0.39 is 33.7 Å². The Morgan fingerprint density at radius 3 is 1.35 bits per heavy atom. The molecule has 0 aliphatic heterocycles. The molecule has 1 atom stereocenters. The Morgan fingerprint density at radius 2 is 1.12 bits per heavy atom. The second kappa shape index (κ2) is 27.4. The van der Waals surface area contributed by atoms with Crippen molar-refractivity contribution in [1.29, 1.82) is 0 Å². The van der Waals surface area contributed by atoms with Crippen LogP contribution in [0.1, 0.15) is 116 Å². The van der Waals surface area contributed by atoms with E-state index in [-0.39, 0.29) is 29.6 Å². The van der Waals surface area contributed by atoms with Gasteiger partial charge in [0.1, 0.15) is 0 Å². The molecular weight excluding hydrogens is 471 g/mol. The number of aliphatic carboxylic acids is 2. The third kappa shape index (κ3) is 29.8. The Bertz CT molecular complexity index is 551. The van der Waals surface area contributed by atoms with Crippen molar-refractivity contribution >= 4 is 22.1 Å². The van der Waals surface area contributed by atoms with E-state index in [1.807, 2.05) is 0 Å². The molecule has 0 aliphatic carbocycles. The van der Waals surface area contributed by atoms with Crippen molar-refractivity contribution in [3.05, 3.63) is 6.92 Å². The number of ether oxygens (including phenoxy) is 1. The third-order valence-electron chi connectivity index (χ3n) is 5.28. The van der Waals surface area contributed by atoms with Crippen LogP contribution in [0.2, 0.25) is 0 Å².